The topological polar surface area (TPSA) is 116 Å². The van der Waals surface area contributed by atoms with Crippen LogP contribution < -0.4 is 5.69 Å². The summed E-state index contributed by atoms with van der Waals surface area (Å²) in [5, 5.41) is 14.4. The molecule has 0 amide bonds. The Labute approximate surface area is 214 Å². The minimum Gasteiger partial charge on any atom is -0.296 e. The van der Waals surface area contributed by atoms with Gasteiger partial charge in [-0.3, -0.25) is 14.2 Å². The number of tetrazole rings is 1. The Hall–Kier alpha value is -4.14. The van der Waals surface area contributed by atoms with Crippen molar-refractivity contribution in [3.63, 3.8) is 0 Å². The van der Waals surface area contributed by atoms with E-state index >= 15 is 0 Å². The first-order chi connectivity index (χ1) is 18.1. The number of carbonyl (C=O) groups excluding carboxylic acids is 2. The molecule has 0 aliphatic heterocycles. The van der Waals surface area contributed by atoms with Gasteiger partial charge in [0.05, 0.1) is 12.2 Å². The fourth-order valence-corrected chi connectivity index (χ4v) is 5.31. The zero-order valence-corrected chi connectivity index (χ0v) is 20.9. The number of rotatable bonds is 8. The maximum absolute atomic E-state index is 13.5. The molecule has 4 aromatic rings. The van der Waals surface area contributed by atoms with Crippen molar-refractivity contribution in [2.45, 2.75) is 58.4 Å². The summed E-state index contributed by atoms with van der Waals surface area (Å²) in [6.45, 7) is 2.28. The number of nitrogens with zero attached hydrogens (tertiary/aromatic N) is 5. The Morgan fingerprint density at radius 3 is 2.43 bits per heavy atom. The minimum atomic E-state index is -0.423. The molecule has 2 heterocycles. The van der Waals surface area contributed by atoms with Crippen molar-refractivity contribution in [2.24, 2.45) is 5.92 Å². The van der Waals surface area contributed by atoms with Crippen LogP contribution in [0.2, 0.25) is 0 Å². The Kier molecular flexibility index (Phi) is 7.20. The van der Waals surface area contributed by atoms with Crippen LogP contribution in [0.5, 0.6) is 0 Å². The highest BCUT2D eigenvalue weighted by molar-refractivity contribution is 5.88. The van der Waals surface area contributed by atoms with Crippen LogP contribution in [0.1, 0.15) is 72.0 Å². The Balaban J connectivity index is 1.48. The summed E-state index contributed by atoms with van der Waals surface area (Å²) in [6.07, 6.45) is 6.57. The van der Waals surface area contributed by atoms with Crippen LogP contribution in [0.4, 0.5) is 0 Å². The van der Waals surface area contributed by atoms with Gasteiger partial charge in [-0.05, 0) is 41.2 Å². The molecule has 1 saturated carbocycles. The lowest BCUT2D eigenvalue weighted by atomic mass is 9.88. The SMILES string of the molecule is CCCc1c(C=O)n(C(=O)C2CCCCC2)c(=O)n1Cc1ccc(-c2ccccc2-c2nn[nH]n2)cc1. The monoisotopic (exact) mass is 498 g/mol. The molecule has 1 N–H and O–H groups in total. The highest BCUT2D eigenvalue weighted by Crippen LogP contribution is 2.30. The summed E-state index contributed by atoms with van der Waals surface area (Å²) in [5.74, 6) is 0.0751. The standard InChI is InChI=1S/C28H30N6O3/c1-2-8-24-25(18-35)34(27(36)21-9-4-3-5-10-21)28(37)33(24)17-19-13-15-20(16-14-19)22-11-6-7-12-23(22)26-29-31-32-30-26/h6-7,11-16,18,21H,2-5,8-10,17H2,1H3,(H,29,30,31,32). The van der Waals surface area contributed by atoms with E-state index in [4.69, 9.17) is 0 Å². The van der Waals surface area contributed by atoms with Gasteiger partial charge in [0.15, 0.2) is 6.29 Å². The van der Waals surface area contributed by atoms with Crippen molar-refractivity contribution in [3.8, 4) is 22.5 Å². The van der Waals surface area contributed by atoms with E-state index in [-0.39, 0.29) is 24.1 Å². The van der Waals surface area contributed by atoms with Crippen molar-refractivity contribution >= 4 is 12.2 Å². The molecule has 9 nitrogen and oxygen atoms in total. The summed E-state index contributed by atoms with van der Waals surface area (Å²) < 4.78 is 2.74. The summed E-state index contributed by atoms with van der Waals surface area (Å²) >= 11 is 0. The highest BCUT2D eigenvalue weighted by atomic mass is 16.2. The molecule has 0 unspecified atom stereocenters. The first-order valence-electron chi connectivity index (χ1n) is 12.9. The Morgan fingerprint density at radius 2 is 1.78 bits per heavy atom. The van der Waals surface area contributed by atoms with Gasteiger partial charge in [0.25, 0.3) is 0 Å². The van der Waals surface area contributed by atoms with E-state index in [0.29, 0.717) is 24.2 Å². The summed E-state index contributed by atoms with van der Waals surface area (Å²) in [4.78, 5) is 39.0. The van der Waals surface area contributed by atoms with E-state index in [1.165, 1.54) is 0 Å². The fourth-order valence-electron chi connectivity index (χ4n) is 5.31. The molecule has 0 radical (unpaired) electrons. The van der Waals surface area contributed by atoms with Gasteiger partial charge in [0.1, 0.15) is 5.69 Å². The molecule has 1 fully saturated rings. The van der Waals surface area contributed by atoms with Crippen molar-refractivity contribution in [1.29, 1.82) is 0 Å². The Bertz CT molecular complexity index is 1440. The number of hydrogen-bond acceptors (Lipinski definition) is 6. The number of H-pyrrole nitrogens is 1. The molecule has 37 heavy (non-hydrogen) atoms. The molecular formula is C28H30N6O3. The van der Waals surface area contributed by atoms with Crippen molar-refractivity contribution in [3.05, 3.63) is 76.0 Å². The van der Waals surface area contributed by atoms with Crippen LogP contribution in [0.25, 0.3) is 22.5 Å². The van der Waals surface area contributed by atoms with Gasteiger partial charge in [-0.1, -0.05) is 81.1 Å². The molecule has 5 rings (SSSR count). The Morgan fingerprint density at radius 1 is 1.05 bits per heavy atom. The molecule has 0 bridgehead atoms. The van der Waals surface area contributed by atoms with E-state index in [0.717, 1.165) is 65.3 Å². The van der Waals surface area contributed by atoms with Crippen LogP contribution in [0, 0.1) is 5.92 Å². The van der Waals surface area contributed by atoms with Gasteiger partial charge in [0.2, 0.25) is 11.7 Å². The van der Waals surface area contributed by atoms with Gasteiger partial charge in [-0.2, -0.15) is 5.21 Å². The third-order valence-electron chi connectivity index (χ3n) is 7.18. The lowest BCUT2D eigenvalue weighted by Gasteiger charge is -2.20. The number of benzene rings is 2. The molecule has 0 spiro atoms. The van der Waals surface area contributed by atoms with Crippen molar-refractivity contribution in [2.75, 3.05) is 0 Å². The van der Waals surface area contributed by atoms with E-state index in [9.17, 15) is 14.4 Å². The van der Waals surface area contributed by atoms with E-state index in [2.05, 4.69) is 20.6 Å². The second-order valence-corrected chi connectivity index (χ2v) is 9.56. The molecule has 2 aromatic heterocycles. The second-order valence-electron chi connectivity index (χ2n) is 9.56. The smallest absolute Gasteiger partial charge is 0.296 e. The number of nitrogens with one attached hydrogen (secondary N) is 1. The molecule has 1 aliphatic carbocycles. The zero-order chi connectivity index (χ0) is 25.8. The van der Waals surface area contributed by atoms with Crippen molar-refractivity contribution < 1.29 is 9.59 Å². The highest BCUT2D eigenvalue weighted by Gasteiger charge is 2.29. The minimum absolute atomic E-state index is 0.200. The van der Waals surface area contributed by atoms with Crippen LogP contribution in [0.3, 0.4) is 0 Å². The predicted molar refractivity (Wildman–Crippen MR) is 139 cm³/mol. The van der Waals surface area contributed by atoms with Crippen LogP contribution >= 0.6 is 0 Å². The summed E-state index contributed by atoms with van der Waals surface area (Å²) in [5.41, 5.74) is 4.11. The van der Waals surface area contributed by atoms with Gasteiger partial charge >= 0.3 is 5.69 Å². The first-order valence-corrected chi connectivity index (χ1v) is 12.9. The molecular weight excluding hydrogens is 468 g/mol. The van der Waals surface area contributed by atoms with Crippen molar-refractivity contribution in [1.82, 2.24) is 29.8 Å². The van der Waals surface area contributed by atoms with Crippen LogP contribution in [-0.2, 0) is 13.0 Å². The lowest BCUT2D eigenvalue weighted by molar-refractivity contribution is 0.0788. The summed E-state index contributed by atoms with van der Waals surface area (Å²) in [7, 11) is 0. The molecule has 1 aliphatic rings. The van der Waals surface area contributed by atoms with Gasteiger partial charge in [-0.25, -0.2) is 9.36 Å². The van der Waals surface area contributed by atoms with E-state index < -0.39 is 5.69 Å². The summed E-state index contributed by atoms with van der Waals surface area (Å²) in [6, 6.07) is 15.7. The first kappa shape index (κ1) is 24.5. The number of aromatic nitrogens is 6. The fraction of sp³-hybridized carbons (Fsp3) is 0.357. The average molecular weight is 499 g/mol. The lowest BCUT2D eigenvalue weighted by Crippen LogP contribution is -2.35. The van der Waals surface area contributed by atoms with Gasteiger partial charge < -0.3 is 0 Å². The molecule has 2 aromatic carbocycles. The third kappa shape index (κ3) is 4.81. The third-order valence-corrected chi connectivity index (χ3v) is 7.18. The molecule has 0 atom stereocenters. The molecule has 9 heteroatoms. The molecule has 0 saturated heterocycles. The van der Waals surface area contributed by atoms with Gasteiger partial charge in [-0.15, -0.1) is 10.2 Å². The number of imidazole rings is 1. The number of hydrogen-bond donors (Lipinski definition) is 1. The average Bonchev–Trinajstić information content (AvgIpc) is 3.57. The normalized spacial score (nSPS) is 14.1. The van der Waals surface area contributed by atoms with E-state index in [1.807, 2.05) is 55.5 Å². The van der Waals surface area contributed by atoms with Gasteiger partial charge in [0, 0.05) is 11.5 Å². The zero-order valence-electron chi connectivity index (χ0n) is 20.9. The van der Waals surface area contributed by atoms with Crippen LogP contribution in [-0.4, -0.2) is 42.0 Å². The largest absolute Gasteiger partial charge is 0.336 e. The van der Waals surface area contributed by atoms with Crippen LogP contribution in [0.15, 0.2) is 53.3 Å². The quantitative estimate of drug-likeness (QED) is 0.357. The number of aromatic amines is 1. The molecule has 190 valence electrons. The maximum atomic E-state index is 13.5. The number of carbonyl (C=O) groups is 2. The maximum Gasteiger partial charge on any atom is 0.336 e. The second kappa shape index (κ2) is 10.9. The predicted octanol–water partition coefficient (Wildman–Crippen LogP) is 4.53. The van der Waals surface area contributed by atoms with E-state index in [1.54, 1.807) is 4.57 Å². The number of aldehydes is 1.